The maximum Gasteiger partial charge on any atom is 0.253 e. The number of carbonyl (C=O) groups is 1. The first-order valence-corrected chi connectivity index (χ1v) is 8.03. The van der Waals surface area contributed by atoms with Crippen molar-refractivity contribution >= 4 is 34.6 Å². The van der Waals surface area contributed by atoms with E-state index in [-0.39, 0.29) is 11.9 Å². The van der Waals surface area contributed by atoms with Crippen LogP contribution in [0.15, 0.2) is 28.1 Å². The number of thiocarbonyl (C=S) groups is 1. The Kier molecular flexibility index (Phi) is 4.77. The lowest BCUT2D eigenvalue weighted by Crippen LogP contribution is -2.47. The summed E-state index contributed by atoms with van der Waals surface area (Å²) >= 11 is 6.84. The van der Waals surface area contributed by atoms with Crippen LogP contribution >= 0.6 is 23.6 Å². The summed E-state index contributed by atoms with van der Waals surface area (Å²) in [5.41, 5.74) is 2.66. The fourth-order valence-corrected chi connectivity index (χ4v) is 3.30. The zero-order chi connectivity index (χ0) is 14.7. The van der Waals surface area contributed by atoms with E-state index >= 15 is 0 Å². The van der Waals surface area contributed by atoms with Crippen LogP contribution in [0, 0.1) is 0 Å². The SMILES string of the molecule is CCN(CC)C(=O)C1=C(C)NC(=S)NC1c1ccsc1. The van der Waals surface area contributed by atoms with Crippen molar-refractivity contribution in [2.24, 2.45) is 0 Å². The van der Waals surface area contributed by atoms with E-state index < -0.39 is 0 Å². The number of allylic oxidation sites excluding steroid dienone is 1. The first-order valence-electron chi connectivity index (χ1n) is 6.68. The van der Waals surface area contributed by atoms with Crippen molar-refractivity contribution in [1.29, 1.82) is 0 Å². The summed E-state index contributed by atoms with van der Waals surface area (Å²) in [5.74, 6) is 0.0613. The van der Waals surface area contributed by atoms with E-state index in [0.29, 0.717) is 18.2 Å². The Morgan fingerprint density at radius 1 is 1.45 bits per heavy atom. The van der Waals surface area contributed by atoms with Crippen LogP contribution in [0.1, 0.15) is 32.4 Å². The van der Waals surface area contributed by atoms with Gasteiger partial charge in [0.1, 0.15) is 0 Å². The smallest absolute Gasteiger partial charge is 0.253 e. The van der Waals surface area contributed by atoms with Crippen LogP contribution in [0.5, 0.6) is 0 Å². The van der Waals surface area contributed by atoms with Gasteiger partial charge >= 0.3 is 0 Å². The Morgan fingerprint density at radius 2 is 2.15 bits per heavy atom. The van der Waals surface area contributed by atoms with Gasteiger partial charge in [0.25, 0.3) is 5.91 Å². The van der Waals surface area contributed by atoms with Crippen LogP contribution in [0.3, 0.4) is 0 Å². The molecule has 0 radical (unpaired) electrons. The van der Waals surface area contributed by atoms with E-state index in [9.17, 15) is 4.79 Å². The molecule has 1 aromatic rings. The lowest BCUT2D eigenvalue weighted by Gasteiger charge is -2.32. The molecule has 0 saturated heterocycles. The van der Waals surface area contributed by atoms with Gasteiger partial charge in [-0.1, -0.05) is 0 Å². The van der Waals surface area contributed by atoms with Gasteiger partial charge in [-0.3, -0.25) is 4.79 Å². The number of amides is 1. The summed E-state index contributed by atoms with van der Waals surface area (Å²) in [6.45, 7) is 7.29. The van der Waals surface area contributed by atoms with Crippen molar-refractivity contribution in [3.05, 3.63) is 33.7 Å². The molecular formula is C14H19N3OS2. The quantitative estimate of drug-likeness (QED) is 0.839. The van der Waals surface area contributed by atoms with Crippen LogP contribution in [-0.2, 0) is 4.79 Å². The summed E-state index contributed by atoms with van der Waals surface area (Å²) in [5, 5.41) is 10.9. The number of rotatable bonds is 4. The molecule has 1 atom stereocenters. The lowest BCUT2D eigenvalue weighted by atomic mass is 9.96. The highest BCUT2D eigenvalue weighted by molar-refractivity contribution is 7.80. The van der Waals surface area contributed by atoms with E-state index in [4.69, 9.17) is 12.2 Å². The molecule has 2 N–H and O–H groups in total. The van der Waals surface area contributed by atoms with E-state index in [2.05, 4.69) is 10.6 Å². The minimum absolute atomic E-state index is 0.0613. The zero-order valence-electron chi connectivity index (χ0n) is 11.9. The monoisotopic (exact) mass is 309 g/mol. The highest BCUT2D eigenvalue weighted by atomic mass is 32.1. The predicted octanol–water partition coefficient (Wildman–Crippen LogP) is 2.41. The van der Waals surface area contributed by atoms with Crippen molar-refractivity contribution in [1.82, 2.24) is 15.5 Å². The van der Waals surface area contributed by atoms with Crippen LogP contribution < -0.4 is 10.6 Å². The normalized spacial score (nSPS) is 18.6. The third-order valence-corrected chi connectivity index (χ3v) is 4.35. The van der Waals surface area contributed by atoms with Gasteiger partial charge in [-0.25, -0.2) is 0 Å². The van der Waals surface area contributed by atoms with Gasteiger partial charge in [0.15, 0.2) is 5.11 Å². The Bertz CT molecular complexity index is 533. The molecule has 2 rings (SSSR count). The van der Waals surface area contributed by atoms with Crippen LogP contribution in [-0.4, -0.2) is 29.0 Å². The second-order valence-corrected chi connectivity index (χ2v) is 5.79. The van der Waals surface area contributed by atoms with E-state index in [1.807, 2.05) is 42.5 Å². The zero-order valence-corrected chi connectivity index (χ0v) is 13.5. The van der Waals surface area contributed by atoms with Crippen molar-refractivity contribution in [3.8, 4) is 0 Å². The van der Waals surface area contributed by atoms with Gasteiger partial charge in [-0.2, -0.15) is 11.3 Å². The van der Waals surface area contributed by atoms with Gasteiger partial charge in [0.05, 0.1) is 11.6 Å². The van der Waals surface area contributed by atoms with Crippen molar-refractivity contribution in [2.45, 2.75) is 26.8 Å². The molecule has 20 heavy (non-hydrogen) atoms. The largest absolute Gasteiger partial charge is 0.351 e. The summed E-state index contributed by atoms with van der Waals surface area (Å²) in [6.07, 6.45) is 0. The molecule has 0 aromatic carbocycles. The molecule has 0 aliphatic carbocycles. The Labute approximate surface area is 128 Å². The molecule has 1 aromatic heterocycles. The maximum absolute atomic E-state index is 12.7. The number of thiophene rings is 1. The molecule has 108 valence electrons. The number of likely N-dealkylation sites (N-methyl/N-ethyl adjacent to an activating group) is 1. The number of hydrogen-bond acceptors (Lipinski definition) is 3. The molecule has 1 amide bonds. The fourth-order valence-electron chi connectivity index (χ4n) is 2.35. The molecule has 0 spiro atoms. The van der Waals surface area contributed by atoms with Crippen molar-refractivity contribution in [3.63, 3.8) is 0 Å². The van der Waals surface area contributed by atoms with Gasteiger partial charge in [0.2, 0.25) is 0 Å². The molecule has 1 aliphatic heterocycles. The number of carbonyl (C=O) groups excluding carboxylic acids is 1. The summed E-state index contributed by atoms with van der Waals surface area (Å²) in [6, 6.07) is 1.86. The number of nitrogens with zero attached hydrogens (tertiary/aromatic N) is 1. The minimum Gasteiger partial charge on any atom is -0.351 e. The minimum atomic E-state index is -0.164. The van der Waals surface area contributed by atoms with Gasteiger partial charge in [-0.05, 0) is 55.4 Å². The van der Waals surface area contributed by atoms with Gasteiger partial charge in [0, 0.05) is 18.8 Å². The lowest BCUT2D eigenvalue weighted by molar-refractivity contribution is -0.127. The van der Waals surface area contributed by atoms with Crippen LogP contribution in [0.4, 0.5) is 0 Å². The Morgan fingerprint density at radius 3 is 2.70 bits per heavy atom. The third-order valence-electron chi connectivity index (χ3n) is 3.43. The first-order chi connectivity index (χ1) is 9.58. The second kappa shape index (κ2) is 6.37. The van der Waals surface area contributed by atoms with E-state index in [1.54, 1.807) is 11.3 Å². The predicted molar refractivity (Wildman–Crippen MR) is 86.6 cm³/mol. The fraction of sp³-hybridized carbons (Fsp3) is 0.429. The van der Waals surface area contributed by atoms with Crippen molar-refractivity contribution in [2.75, 3.05) is 13.1 Å². The topological polar surface area (TPSA) is 44.4 Å². The van der Waals surface area contributed by atoms with Crippen LogP contribution in [0.25, 0.3) is 0 Å². The second-order valence-electron chi connectivity index (χ2n) is 4.60. The van der Waals surface area contributed by atoms with E-state index in [0.717, 1.165) is 16.8 Å². The van der Waals surface area contributed by atoms with Crippen LogP contribution in [0.2, 0.25) is 0 Å². The average molecular weight is 309 g/mol. The summed E-state index contributed by atoms with van der Waals surface area (Å²) in [7, 11) is 0. The highest BCUT2D eigenvalue weighted by Crippen LogP contribution is 2.29. The van der Waals surface area contributed by atoms with Gasteiger partial charge < -0.3 is 15.5 Å². The molecule has 6 heteroatoms. The molecule has 4 nitrogen and oxygen atoms in total. The molecular weight excluding hydrogens is 290 g/mol. The van der Waals surface area contributed by atoms with Crippen molar-refractivity contribution < 1.29 is 4.79 Å². The molecule has 0 fully saturated rings. The third kappa shape index (κ3) is 2.86. The number of nitrogens with one attached hydrogen (secondary N) is 2. The Hall–Kier alpha value is -1.40. The molecule has 1 unspecified atom stereocenters. The van der Waals surface area contributed by atoms with E-state index in [1.165, 1.54) is 0 Å². The average Bonchev–Trinajstić information content (AvgIpc) is 2.92. The Balaban J connectivity index is 2.41. The molecule has 0 bridgehead atoms. The summed E-state index contributed by atoms with van der Waals surface area (Å²) in [4.78, 5) is 14.6. The van der Waals surface area contributed by atoms with Gasteiger partial charge in [-0.15, -0.1) is 0 Å². The molecule has 1 aliphatic rings. The highest BCUT2D eigenvalue weighted by Gasteiger charge is 2.31. The number of hydrogen-bond donors (Lipinski definition) is 2. The maximum atomic E-state index is 12.7. The standard InChI is InChI=1S/C14H19N3OS2/c1-4-17(5-2)13(18)11-9(3)15-14(19)16-12(11)10-6-7-20-8-10/h6-8,12H,4-5H2,1-3H3,(H2,15,16,19). The summed E-state index contributed by atoms with van der Waals surface area (Å²) < 4.78 is 0. The molecule has 2 heterocycles. The molecule has 0 saturated carbocycles. The first kappa shape index (κ1) is 15.0.